The van der Waals surface area contributed by atoms with Gasteiger partial charge >= 0.3 is 0 Å². The number of hydrogen-bond donors (Lipinski definition) is 1. The van der Waals surface area contributed by atoms with Crippen molar-refractivity contribution in [2.45, 2.75) is 38.6 Å². The number of likely N-dealkylation sites (tertiary alicyclic amines) is 1. The van der Waals surface area contributed by atoms with E-state index in [-0.39, 0.29) is 0 Å². The van der Waals surface area contributed by atoms with E-state index >= 15 is 0 Å². The van der Waals surface area contributed by atoms with Crippen molar-refractivity contribution < 1.29 is 0 Å². The quantitative estimate of drug-likeness (QED) is 0.938. The summed E-state index contributed by atoms with van der Waals surface area (Å²) >= 11 is 0. The summed E-state index contributed by atoms with van der Waals surface area (Å²) in [6.07, 6.45) is 8.47. The first kappa shape index (κ1) is 14.3. The first-order chi connectivity index (χ1) is 10.3. The molecule has 2 aromatic rings. The Bertz CT molecular complexity index is 597. The van der Waals surface area contributed by atoms with Gasteiger partial charge in [0, 0.05) is 14.1 Å². The standard InChI is InChI=1S/C15H24N6/c1-16-14-12-10-17-20(2)15(12)19-13(18-14)11-21-8-6-4-3-5-7-9-21/h10H,3-9,11H2,1-2H3,(H,16,18,19). The summed E-state index contributed by atoms with van der Waals surface area (Å²) in [5.41, 5.74) is 0.899. The minimum atomic E-state index is 0.829. The van der Waals surface area contributed by atoms with Gasteiger partial charge in [-0.2, -0.15) is 5.10 Å². The Morgan fingerprint density at radius 3 is 2.52 bits per heavy atom. The predicted molar refractivity (Wildman–Crippen MR) is 84.2 cm³/mol. The lowest BCUT2D eigenvalue weighted by molar-refractivity contribution is 0.234. The average molecular weight is 288 g/mol. The normalized spacial score (nSPS) is 17.6. The molecule has 0 amide bonds. The molecule has 1 aliphatic heterocycles. The molecule has 0 atom stereocenters. The lowest BCUT2D eigenvalue weighted by Gasteiger charge is -2.23. The molecule has 21 heavy (non-hydrogen) atoms. The Morgan fingerprint density at radius 2 is 1.81 bits per heavy atom. The van der Waals surface area contributed by atoms with Crippen molar-refractivity contribution in [2.75, 3.05) is 25.5 Å². The van der Waals surface area contributed by atoms with Crippen LogP contribution >= 0.6 is 0 Å². The molecule has 6 nitrogen and oxygen atoms in total. The van der Waals surface area contributed by atoms with E-state index in [2.05, 4.69) is 20.3 Å². The van der Waals surface area contributed by atoms with Gasteiger partial charge in [-0.1, -0.05) is 19.3 Å². The van der Waals surface area contributed by atoms with Crippen molar-refractivity contribution in [3.05, 3.63) is 12.0 Å². The van der Waals surface area contributed by atoms with Crippen molar-refractivity contribution in [1.82, 2.24) is 24.6 Å². The van der Waals surface area contributed by atoms with Crippen LogP contribution in [-0.2, 0) is 13.6 Å². The van der Waals surface area contributed by atoms with Crippen LogP contribution in [0, 0.1) is 0 Å². The van der Waals surface area contributed by atoms with Gasteiger partial charge in [0.25, 0.3) is 0 Å². The summed E-state index contributed by atoms with van der Waals surface area (Å²) < 4.78 is 1.81. The summed E-state index contributed by atoms with van der Waals surface area (Å²) in [6.45, 7) is 3.14. The maximum atomic E-state index is 4.70. The summed E-state index contributed by atoms with van der Waals surface area (Å²) in [7, 11) is 3.82. The molecule has 114 valence electrons. The van der Waals surface area contributed by atoms with E-state index in [1.165, 1.54) is 32.1 Å². The van der Waals surface area contributed by atoms with Crippen molar-refractivity contribution in [1.29, 1.82) is 0 Å². The Balaban J connectivity index is 1.83. The number of fused-ring (bicyclic) bond motifs is 1. The van der Waals surface area contributed by atoms with Crippen LogP contribution in [0.4, 0.5) is 5.82 Å². The number of rotatable bonds is 3. The summed E-state index contributed by atoms with van der Waals surface area (Å²) in [4.78, 5) is 11.8. The Hall–Kier alpha value is -1.69. The lowest BCUT2D eigenvalue weighted by atomic mass is 10.1. The van der Waals surface area contributed by atoms with Gasteiger partial charge < -0.3 is 5.32 Å². The summed E-state index contributed by atoms with van der Waals surface area (Å²) in [6, 6.07) is 0. The molecule has 0 saturated carbocycles. The number of aryl methyl sites for hydroxylation is 1. The molecule has 0 bridgehead atoms. The molecule has 0 spiro atoms. The molecule has 0 aliphatic carbocycles. The van der Waals surface area contributed by atoms with Gasteiger partial charge in [0.15, 0.2) is 5.65 Å². The maximum absolute atomic E-state index is 4.70. The highest BCUT2D eigenvalue weighted by molar-refractivity contribution is 5.86. The fraction of sp³-hybridized carbons (Fsp3) is 0.667. The van der Waals surface area contributed by atoms with Crippen LogP contribution in [0.5, 0.6) is 0 Å². The second kappa shape index (κ2) is 6.39. The number of nitrogens with one attached hydrogen (secondary N) is 1. The fourth-order valence-corrected chi connectivity index (χ4v) is 3.00. The third-order valence-corrected chi connectivity index (χ3v) is 4.19. The molecule has 3 rings (SSSR count). The SMILES string of the molecule is CNc1nc(CN2CCCCCCC2)nc2c1cnn2C. The van der Waals surface area contributed by atoms with E-state index in [9.17, 15) is 0 Å². The summed E-state index contributed by atoms with van der Waals surface area (Å²) in [5.74, 6) is 1.76. The minimum absolute atomic E-state index is 0.829. The molecular weight excluding hydrogens is 264 g/mol. The summed E-state index contributed by atoms with van der Waals surface area (Å²) in [5, 5.41) is 8.42. The van der Waals surface area contributed by atoms with Crippen molar-refractivity contribution >= 4 is 16.9 Å². The predicted octanol–water partition coefficient (Wildman–Crippen LogP) is 2.17. The molecule has 1 saturated heterocycles. The van der Waals surface area contributed by atoms with Gasteiger partial charge in [-0.3, -0.25) is 9.58 Å². The van der Waals surface area contributed by atoms with Gasteiger partial charge in [0.2, 0.25) is 0 Å². The Morgan fingerprint density at radius 1 is 1.10 bits per heavy atom. The highest BCUT2D eigenvalue weighted by atomic mass is 15.3. The minimum Gasteiger partial charge on any atom is -0.372 e. The largest absolute Gasteiger partial charge is 0.372 e. The topological polar surface area (TPSA) is 58.9 Å². The molecule has 0 unspecified atom stereocenters. The molecule has 6 heteroatoms. The van der Waals surface area contributed by atoms with Gasteiger partial charge in [-0.05, 0) is 25.9 Å². The first-order valence-corrected chi connectivity index (χ1v) is 7.86. The zero-order chi connectivity index (χ0) is 14.7. The molecule has 3 heterocycles. The van der Waals surface area contributed by atoms with E-state index in [0.29, 0.717) is 0 Å². The van der Waals surface area contributed by atoms with Crippen molar-refractivity contribution in [2.24, 2.45) is 7.05 Å². The maximum Gasteiger partial charge on any atom is 0.163 e. The highest BCUT2D eigenvalue weighted by Gasteiger charge is 2.14. The number of aromatic nitrogens is 4. The van der Waals surface area contributed by atoms with E-state index in [0.717, 1.165) is 42.3 Å². The van der Waals surface area contributed by atoms with Crippen LogP contribution in [-0.4, -0.2) is 44.8 Å². The third-order valence-electron chi connectivity index (χ3n) is 4.19. The lowest BCUT2D eigenvalue weighted by Crippen LogP contribution is -2.28. The van der Waals surface area contributed by atoms with Crippen molar-refractivity contribution in [3.8, 4) is 0 Å². The number of hydrogen-bond acceptors (Lipinski definition) is 5. The van der Waals surface area contributed by atoms with Gasteiger partial charge in [0.05, 0.1) is 18.1 Å². The highest BCUT2D eigenvalue weighted by Crippen LogP contribution is 2.20. The number of anilines is 1. The second-order valence-corrected chi connectivity index (χ2v) is 5.79. The molecule has 0 aromatic carbocycles. The fourth-order valence-electron chi connectivity index (χ4n) is 3.00. The van der Waals surface area contributed by atoms with Gasteiger partial charge in [0.1, 0.15) is 11.6 Å². The van der Waals surface area contributed by atoms with Crippen LogP contribution in [0.25, 0.3) is 11.0 Å². The smallest absolute Gasteiger partial charge is 0.163 e. The second-order valence-electron chi connectivity index (χ2n) is 5.79. The van der Waals surface area contributed by atoms with E-state index in [1.54, 1.807) is 0 Å². The van der Waals surface area contributed by atoms with Crippen LogP contribution in [0.1, 0.15) is 37.9 Å². The average Bonchev–Trinajstić information content (AvgIpc) is 2.83. The van der Waals surface area contributed by atoms with E-state index in [1.807, 2.05) is 25.0 Å². The number of nitrogens with zero attached hydrogens (tertiary/aromatic N) is 5. The molecule has 1 N–H and O–H groups in total. The molecule has 1 aliphatic rings. The van der Waals surface area contributed by atoms with Crippen LogP contribution in [0.15, 0.2) is 6.20 Å². The molecule has 1 fully saturated rings. The van der Waals surface area contributed by atoms with Crippen molar-refractivity contribution in [3.63, 3.8) is 0 Å². The molecule has 0 radical (unpaired) electrons. The monoisotopic (exact) mass is 288 g/mol. The van der Waals surface area contributed by atoms with Crippen LogP contribution < -0.4 is 5.32 Å². The van der Waals surface area contributed by atoms with Gasteiger partial charge in [-0.15, -0.1) is 0 Å². The Kier molecular flexibility index (Phi) is 4.34. The zero-order valence-corrected chi connectivity index (χ0v) is 13.0. The van der Waals surface area contributed by atoms with E-state index < -0.39 is 0 Å². The molecular formula is C15H24N6. The first-order valence-electron chi connectivity index (χ1n) is 7.86. The van der Waals surface area contributed by atoms with Crippen LogP contribution in [0.3, 0.4) is 0 Å². The van der Waals surface area contributed by atoms with E-state index in [4.69, 9.17) is 4.98 Å². The van der Waals surface area contributed by atoms with Crippen LogP contribution in [0.2, 0.25) is 0 Å². The third kappa shape index (κ3) is 3.15. The molecule has 2 aromatic heterocycles. The van der Waals surface area contributed by atoms with Gasteiger partial charge in [-0.25, -0.2) is 9.97 Å². The Labute approximate surface area is 125 Å². The zero-order valence-electron chi connectivity index (χ0n) is 13.0.